The van der Waals surface area contributed by atoms with E-state index in [1.807, 2.05) is 18.2 Å². The van der Waals surface area contributed by atoms with Crippen molar-refractivity contribution in [2.75, 3.05) is 19.7 Å². The van der Waals surface area contributed by atoms with Crippen molar-refractivity contribution >= 4 is 11.9 Å². The maximum atomic E-state index is 12.7. The molecule has 4 rings (SSSR count). The number of hydrogen-bond donors (Lipinski definition) is 2. The first-order valence-electron chi connectivity index (χ1n) is 7.80. The minimum Gasteiger partial charge on any atom is -0.492 e. The van der Waals surface area contributed by atoms with Crippen molar-refractivity contribution in [3.8, 4) is 5.75 Å². The molecule has 0 aliphatic carbocycles. The summed E-state index contributed by atoms with van der Waals surface area (Å²) in [6, 6.07) is 7.29. The summed E-state index contributed by atoms with van der Waals surface area (Å²) in [6.07, 6.45) is 2.27. The Balaban J connectivity index is 1.71. The zero-order valence-corrected chi connectivity index (χ0v) is 13.1. The number of amides is 1. The monoisotopic (exact) mass is 341 g/mol. The van der Waals surface area contributed by atoms with Gasteiger partial charge in [-0.3, -0.25) is 14.4 Å². The molecule has 2 N–H and O–H groups in total. The minimum atomic E-state index is -1.19. The fourth-order valence-corrected chi connectivity index (χ4v) is 3.61. The molecule has 3 heterocycles. The van der Waals surface area contributed by atoms with E-state index in [2.05, 4.69) is 9.97 Å². The number of fused-ring (bicyclic) bond motifs is 3. The molecule has 0 bridgehead atoms. The molecule has 1 amide bonds. The van der Waals surface area contributed by atoms with Crippen LogP contribution < -0.4 is 10.3 Å². The molecule has 1 aromatic carbocycles. The lowest BCUT2D eigenvalue weighted by Crippen LogP contribution is -2.46. The van der Waals surface area contributed by atoms with Gasteiger partial charge in [-0.15, -0.1) is 0 Å². The van der Waals surface area contributed by atoms with Gasteiger partial charge in [0.05, 0.1) is 6.20 Å². The number of carboxylic acid groups (broad SMARTS) is 1. The Kier molecular flexibility index (Phi) is 3.34. The normalized spacial score (nSPS) is 24.2. The number of para-hydroxylation sites is 1. The SMILES string of the molecule is O=C(c1c[nH]c(=O)cn1)N1C[C@@H]2c3ccccc3OC[C@]2(C(=O)O)C1. The van der Waals surface area contributed by atoms with Crippen LogP contribution >= 0.6 is 0 Å². The molecular formula is C17H15N3O5. The Bertz CT molecular complexity index is 904. The lowest BCUT2D eigenvalue weighted by atomic mass is 9.73. The van der Waals surface area contributed by atoms with E-state index in [0.29, 0.717) is 5.75 Å². The number of likely N-dealkylation sites (tertiary alicyclic amines) is 1. The number of aliphatic carboxylic acids is 1. The molecule has 2 aliphatic rings. The number of hydrogen-bond acceptors (Lipinski definition) is 5. The van der Waals surface area contributed by atoms with Crippen molar-refractivity contribution in [3.63, 3.8) is 0 Å². The number of rotatable bonds is 2. The summed E-state index contributed by atoms with van der Waals surface area (Å²) in [7, 11) is 0. The van der Waals surface area contributed by atoms with E-state index in [0.717, 1.165) is 11.8 Å². The number of carboxylic acids is 1. The predicted molar refractivity (Wildman–Crippen MR) is 85.5 cm³/mol. The number of carbonyl (C=O) groups is 2. The van der Waals surface area contributed by atoms with Crippen molar-refractivity contribution in [1.82, 2.24) is 14.9 Å². The summed E-state index contributed by atoms with van der Waals surface area (Å²) in [4.78, 5) is 43.5. The topological polar surface area (TPSA) is 113 Å². The number of H-pyrrole nitrogens is 1. The second-order valence-corrected chi connectivity index (χ2v) is 6.32. The molecule has 1 aromatic heterocycles. The van der Waals surface area contributed by atoms with Crippen LogP contribution in [0.25, 0.3) is 0 Å². The Morgan fingerprint density at radius 1 is 1.36 bits per heavy atom. The first-order chi connectivity index (χ1) is 12.0. The van der Waals surface area contributed by atoms with Crippen LogP contribution in [0.3, 0.4) is 0 Å². The number of benzene rings is 1. The van der Waals surface area contributed by atoms with Crippen molar-refractivity contribution in [1.29, 1.82) is 0 Å². The lowest BCUT2D eigenvalue weighted by Gasteiger charge is -2.35. The van der Waals surface area contributed by atoms with Gasteiger partial charge in [0, 0.05) is 30.8 Å². The van der Waals surface area contributed by atoms with Gasteiger partial charge in [-0.1, -0.05) is 18.2 Å². The summed E-state index contributed by atoms with van der Waals surface area (Å²) in [5.41, 5.74) is -0.725. The second-order valence-electron chi connectivity index (χ2n) is 6.32. The smallest absolute Gasteiger partial charge is 0.315 e. The molecule has 0 spiro atoms. The quantitative estimate of drug-likeness (QED) is 0.821. The highest BCUT2D eigenvalue weighted by molar-refractivity contribution is 5.93. The van der Waals surface area contributed by atoms with Gasteiger partial charge in [0.15, 0.2) is 0 Å². The van der Waals surface area contributed by atoms with Crippen LogP contribution in [0.4, 0.5) is 0 Å². The van der Waals surface area contributed by atoms with Crippen LogP contribution in [-0.4, -0.2) is 51.5 Å². The van der Waals surface area contributed by atoms with Crippen LogP contribution in [-0.2, 0) is 4.79 Å². The van der Waals surface area contributed by atoms with Gasteiger partial charge in [0.1, 0.15) is 23.5 Å². The van der Waals surface area contributed by atoms with Crippen molar-refractivity contribution in [2.24, 2.45) is 5.41 Å². The average Bonchev–Trinajstić information content (AvgIpc) is 3.03. The van der Waals surface area contributed by atoms with Crippen LogP contribution in [0, 0.1) is 5.41 Å². The molecule has 0 saturated carbocycles. The van der Waals surface area contributed by atoms with Crippen molar-refractivity contribution < 1.29 is 19.4 Å². The summed E-state index contributed by atoms with van der Waals surface area (Å²) >= 11 is 0. The molecule has 25 heavy (non-hydrogen) atoms. The van der Waals surface area contributed by atoms with Gasteiger partial charge in [0.25, 0.3) is 11.5 Å². The molecule has 1 fully saturated rings. The van der Waals surface area contributed by atoms with E-state index in [9.17, 15) is 19.5 Å². The van der Waals surface area contributed by atoms with E-state index < -0.39 is 22.9 Å². The Morgan fingerprint density at radius 2 is 2.16 bits per heavy atom. The highest BCUT2D eigenvalue weighted by atomic mass is 16.5. The third kappa shape index (κ3) is 2.29. The standard InChI is InChI=1S/C17H15N3O5/c21-14-6-18-12(5-19-14)15(22)20-7-11-10-3-1-2-4-13(10)25-9-17(11,8-20)16(23)24/h1-6,11H,7-9H2,(H,19,21)(H,23,24)/t11-,17-/m1/s1. The van der Waals surface area contributed by atoms with Gasteiger partial charge in [-0.25, -0.2) is 4.98 Å². The number of carbonyl (C=O) groups excluding carboxylic acids is 1. The van der Waals surface area contributed by atoms with Crippen molar-refractivity contribution in [2.45, 2.75) is 5.92 Å². The fraction of sp³-hybridized carbons (Fsp3) is 0.294. The van der Waals surface area contributed by atoms with Gasteiger partial charge >= 0.3 is 5.97 Å². The number of aromatic amines is 1. The first-order valence-corrected chi connectivity index (χ1v) is 7.80. The maximum Gasteiger partial charge on any atom is 0.315 e. The minimum absolute atomic E-state index is 0.00679. The van der Waals surface area contributed by atoms with E-state index in [4.69, 9.17) is 4.74 Å². The van der Waals surface area contributed by atoms with E-state index in [1.165, 1.54) is 11.1 Å². The molecule has 2 atom stereocenters. The summed E-state index contributed by atoms with van der Waals surface area (Å²) in [5.74, 6) is -1.11. The Labute approximate surface area is 142 Å². The third-order valence-electron chi connectivity index (χ3n) is 4.93. The van der Waals surface area contributed by atoms with Gasteiger partial charge in [-0.05, 0) is 6.07 Å². The molecule has 2 aliphatic heterocycles. The summed E-state index contributed by atoms with van der Waals surface area (Å²) in [6.45, 7) is 0.292. The third-order valence-corrected chi connectivity index (χ3v) is 4.93. The van der Waals surface area contributed by atoms with Crippen molar-refractivity contribution in [3.05, 3.63) is 58.3 Å². The predicted octanol–water partition coefficient (Wildman–Crippen LogP) is 0.473. The molecule has 8 nitrogen and oxygen atoms in total. The van der Waals surface area contributed by atoms with Gasteiger partial charge in [-0.2, -0.15) is 0 Å². The number of nitrogens with zero attached hydrogens (tertiary/aromatic N) is 2. The molecule has 1 saturated heterocycles. The van der Waals surface area contributed by atoms with Crippen LogP contribution in [0.15, 0.2) is 41.5 Å². The molecule has 0 unspecified atom stereocenters. The van der Waals surface area contributed by atoms with Crippen LogP contribution in [0.2, 0.25) is 0 Å². The van der Waals surface area contributed by atoms with Gasteiger partial charge in [0.2, 0.25) is 0 Å². The summed E-state index contributed by atoms with van der Waals surface area (Å²) in [5, 5.41) is 9.85. The maximum absolute atomic E-state index is 12.7. The molecule has 0 radical (unpaired) electrons. The van der Waals surface area contributed by atoms with E-state index in [1.54, 1.807) is 6.07 Å². The highest BCUT2D eigenvalue weighted by Gasteiger charge is 2.57. The van der Waals surface area contributed by atoms with Gasteiger partial charge < -0.3 is 19.7 Å². The number of aromatic nitrogens is 2. The highest BCUT2D eigenvalue weighted by Crippen LogP contribution is 2.49. The molecule has 2 aromatic rings. The average molecular weight is 341 g/mol. The number of ether oxygens (including phenoxy) is 1. The van der Waals surface area contributed by atoms with E-state index >= 15 is 0 Å². The largest absolute Gasteiger partial charge is 0.492 e. The number of nitrogens with one attached hydrogen (secondary N) is 1. The van der Waals surface area contributed by atoms with E-state index in [-0.39, 0.29) is 31.3 Å². The fourth-order valence-electron chi connectivity index (χ4n) is 3.61. The Morgan fingerprint density at radius 3 is 2.88 bits per heavy atom. The zero-order chi connectivity index (χ0) is 17.6. The van der Waals surface area contributed by atoms with Crippen LogP contribution in [0.5, 0.6) is 5.75 Å². The zero-order valence-electron chi connectivity index (χ0n) is 13.1. The lowest BCUT2D eigenvalue weighted by molar-refractivity contribution is -0.151. The second kappa shape index (κ2) is 5.44. The van der Waals surface area contributed by atoms with Crippen LogP contribution in [0.1, 0.15) is 22.0 Å². The molecule has 128 valence electrons. The molecule has 8 heteroatoms. The Hall–Kier alpha value is -3.16. The summed E-state index contributed by atoms with van der Waals surface area (Å²) < 4.78 is 5.67. The first kappa shape index (κ1) is 15.4. The molecular weight excluding hydrogens is 326 g/mol.